The second-order valence-electron chi connectivity index (χ2n) is 9.19. The first-order chi connectivity index (χ1) is 17.8. The van der Waals surface area contributed by atoms with Gasteiger partial charge in [-0.1, -0.05) is 12.1 Å². The van der Waals surface area contributed by atoms with Crippen LogP contribution in [0.5, 0.6) is 5.75 Å². The predicted molar refractivity (Wildman–Crippen MR) is 135 cm³/mol. The van der Waals surface area contributed by atoms with Crippen molar-refractivity contribution in [2.45, 2.75) is 26.3 Å². The number of aryl methyl sites for hydroxylation is 1. The zero-order valence-corrected chi connectivity index (χ0v) is 21.6. The Morgan fingerprint density at radius 3 is 2.41 bits per heavy atom. The molecule has 2 fully saturated rings. The average Bonchev–Trinajstić information content (AvgIpc) is 3.35. The highest BCUT2D eigenvalue weighted by molar-refractivity contribution is 6.46. The van der Waals surface area contributed by atoms with Gasteiger partial charge in [-0.15, -0.1) is 0 Å². The molecule has 0 bridgehead atoms. The second kappa shape index (κ2) is 11.2. The Morgan fingerprint density at radius 2 is 1.78 bits per heavy atom. The summed E-state index contributed by atoms with van der Waals surface area (Å²) in [5, 5.41) is 11.5. The fourth-order valence-corrected chi connectivity index (χ4v) is 5.08. The molecule has 1 atom stereocenters. The van der Waals surface area contributed by atoms with Gasteiger partial charge in [0, 0.05) is 37.4 Å². The van der Waals surface area contributed by atoms with Crippen LogP contribution in [0.15, 0.2) is 29.8 Å². The number of morpholine rings is 1. The number of esters is 1. The Balaban J connectivity index is 1.74. The molecule has 0 spiro atoms. The van der Waals surface area contributed by atoms with E-state index in [-0.39, 0.29) is 17.0 Å². The Kier molecular flexibility index (Phi) is 7.99. The summed E-state index contributed by atoms with van der Waals surface area (Å²) in [6.07, 6.45) is 0.661. The van der Waals surface area contributed by atoms with E-state index in [1.54, 1.807) is 45.2 Å². The van der Waals surface area contributed by atoms with Gasteiger partial charge in [0.05, 0.1) is 39.0 Å². The van der Waals surface area contributed by atoms with Crippen LogP contribution in [0.1, 0.15) is 45.3 Å². The highest BCUT2D eigenvalue weighted by Crippen LogP contribution is 2.41. The number of amides is 1. The van der Waals surface area contributed by atoms with Gasteiger partial charge in [0.25, 0.3) is 11.7 Å². The first kappa shape index (κ1) is 26.4. The van der Waals surface area contributed by atoms with Crippen molar-refractivity contribution in [1.82, 2.24) is 14.8 Å². The number of hydrogen-bond donors (Lipinski definition) is 2. The van der Waals surface area contributed by atoms with Crippen molar-refractivity contribution in [3.05, 3.63) is 57.9 Å². The molecule has 0 saturated carbocycles. The van der Waals surface area contributed by atoms with Crippen molar-refractivity contribution in [2.75, 3.05) is 53.6 Å². The van der Waals surface area contributed by atoms with Gasteiger partial charge in [-0.2, -0.15) is 0 Å². The van der Waals surface area contributed by atoms with E-state index in [9.17, 15) is 19.5 Å². The summed E-state index contributed by atoms with van der Waals surface area (Å²) in [5.74, 6) is -1.70. The summed E-state index contributed by atoms with van der Waals surface area (Å²) in [6, 6.07) is 6.30. The molecule has 0 unspecified atom stereocenters. The number of H-pyrrole nitrogens is 1. The molecule has 3 heterocycles. The van der Waals surface area contributed by atoms with E-state index in [4.69, 9.17) is 14.2 Å². The zero-order chi connectivity index (χ0) is 26.7. The lowest BCUT2D eigenvalue weighted by Crippen LogP contribution is -2.38. The number of ketones is 1. The SMILES string of the molecule is COC(=O)c1[nH]c(C)c(/C(O)=C2\C(=O)C(=O)N(CCCN3CCOCC3)[C@@H]2c2ccc(OC)cc2)c1C. The number of ether oxygens (including phenoxy) is 3. The van der Waals surface area contributed by atoms with E-state index >= 15 is 0 Å². The minimum atomic E-state index is -0.786. The van der Waals surface area contributed by atoms with Gasteiger partial charge >= 0.3 is 5.97 Å². The highest BCUT2D eigenvalue weighted by atomic mass is 16.5. The zero-order valence-electron chi connectivity index (χ0n) is 21.6. The van der Waals surface area contributed by atoms with Crippen LogP contribution in [0, 0.1) is 13.8 Å². The molecule has 198 valence electrons. The second-order valence-corrected chi connectivity index (χ2v) is 9.19. The third-order valence-corrected chi connectivity index (χ3v) is 7.01. The number of nitrogens with one attached hydrogen (secondary N) is 1. The van der Waals surface area contributed by atoms with Crippen LogP contribution in [0.3, 0.4) is 0 Å². The quantitative estimate of drug-likeness (QED) is 0.240. The molecule has 2 saturated heterocycles. The van der Waals surface area contributed by atoms with Crippen LogP contribution in [0.25, 0.3) is 5.76 Å². The summed E-state index contributed by atoms with van der Waals surface area (Å²) in [4.78, 5) is 45.5. The van der Waals surface area contributed by atoms with Crippen molar-refractivity contribution < 1.29 is 33.7 Å². The Bertz CT molecular complexity index is 1210. The van der Waals surface area contributed by atoms with Gasteiger partial charge in [-0.3, -0.25) is 14.5 Å². The van der Waals surface area contributed by atoms with Crippen LogP contribution in [0.2, 0.25) is 0 Å². The number of rotatable bonds is 8. The monoisotopic (exact) mass is 511 g/mol. The summed E-state index contributed by atoms with van der Waals surface area (Å²) < 4.78 is 15.5. The van der Waals surface area contributed by atoms with E-state index < -0.39 is 23.7 Å². The Hall–Kier alpha value is -3.63. The maximum atomic E-state index is 13.4. The van der Waals surface area contributed by atoms with E-state index in [1.165, 1.54) is 12.0 Å². The number of carbonyl (C=O) groups is 3. The molecule has 2 N–H and O–H groups in total. The predicted octanol–water partition coefficient (Wildman–Crippen LogP) is 2.57. The molecule has 1 aromatic carbocycles. The first-order valence-electron chi connectivity index (χ1n) is 12.3. The fourth-order valence-electron chi connectivity index (χ4n) is 5.08. The van der Waals surface area contributed by atoms with Gasteiger partial charge in [-0.25, -0.2) is 4.79 Å². The molecule has 2 aliphatic rings. The van der Waals surface area contributed by atoms with Crippen LogP contribution >= 0.6 is 0 Å². The molecule has 10 nitrogen and oxygen atoms in total. The first-order valence-corrected chi connectivity index (χ1v) is 12.3. The maximum Gasteiger partial charge on any atom is 0.354 e. The maximum absolute atomic E-state index is 13.4. The van der Waals surface area contributed by atoms with Crippen LogP contribution in [0.4, 0.5) is 0 Å². The van der Waals surface area contributed by atoms with Crippen molar-refractivity contribution in [1.29, 1.82) is 0 Å². The van der Waals surface area contributed by atoms with Crippen molar-refractivity contribution in [3.63, 3.8) is 0 Å². The normalized spacial score (nSPS) is 19.9. The Morgan fingerprint density at radius 1 is 1.11 bits per heavy atom. The summed E-state index contributed by atoms with van der Waals surface area (Å²) >= 11 is 0. The molecular weight excluding hydrogens is 478 g/mol. The molecule has 37 heavy (non-hydrogen) atoms. The molecule has 4 rings (SSSR count). The molecule has 10 heteroatoms. The van der Waals surface area contributed by atoms with Gasteiger partial charge < -0.3 is 29.2 Å². The lowest BCUT2D eigenvalue weighted by molar-refractivity contribution is -0.140. The van der Waals surface area contributed by atoms with E-state index in [2.05, 4.69) is 9.88 Å². The van der Waals surface area contributed by atoms with Crippen LogP contribution < -0.4 is 4.74 Å². The molecule has 0 radical (unpaired) electrons. The lowest BCUT2D eigenvalue weighted by atomic mass is 9.94. The minimum absolute atomic E-state index is 0.0110. The van der Waals surface area contributed by atoms with Gasteiger partial charge in [0.2, 0.25) is 0 Å². The number of Topliss-reactive ketones (excluding diaryl/α,β-unsaturated/α-hetero) is 1. The van der Waals surface area contributed by atoms with E-state index in [1.807, 2.05) is 0 Å². The van der Waals surface area contributed by atoms with Crippen molar-refractivity contribution in [2.24, 2.45) is 0 Å². The topological polar surface area (TPSA) is 121 Å². The number of carbonyl (C=O) groups excluding carboxylic acids is 3. The minimum Gasteiger partial charge on any atom is -0.507 e. The number of hydrogen-bond acceptors (Lipinski definition) is 8. The van der Waals surface area contributed by atoms with E-state index in [0.717, 1.165) is 19.6 Å². The summed E-state index contributed by atoms with van der Waals surface area (Å²) in [7, 11) is 2.83. The summed E-state index contributed by atoms with van der Waals surface area (Å²) in [6.45, 7) is 7.47. The standard InChI is InChI=1S/C27H33N3O7/c1-16-20(17(2)28-22(16)27(34)36-4)24(31)21-23(18-6-8-19(35-3)9-7-18)30(26(33)25(21)32)11-5-10-29-12-14-37-15-13-29/h6-9,23,28,31H,5,10-15H2,1-4H3/b24-21+/t23-/m1/s1. The lowest BCUT2D eigenvalue weighted by Gasteiger charge is -2.29. The third-order valence-electron chi connectivity index (χ3n) is 7.01. The van der Waals surface area contributed by atoms with Crippen molar-refractivity contribution >= 4 is 23.4 Å². The van der Waals surface area contributed by atoms with Crippen LogP contribution in [-0.4, -0.2) is 91.2 Å². The molecule has 1 amide bonds. The number of likely N-dealkylation sites (tertiary alicyclic amines) is 1. The Labute approximate surface area is 215 Å². The fraction of sp³-hybridized carbons (Fsp3) is 0.444. The number of aliphatic hydroxyl groups excluding tert-OH is 1. The molecule has 1 aromatic heterocycles. The number of methoxy groups -OCH3 is 2. The van der Waals surface area contributed by atoms with Gasteiger partial charge in [0.1, 0.15) is 17.2 Å². The number of aliphatic hydroxyl groups is 1. The number of nitrogens with zero attached hydrogens (tertiary/aromatic N) is 2. The summed E-state index contributed by atoms with van der Waals surface area (Å²) in [5.41, 5.74) is 2.08. The van der Waals surface area contributed by atoms with Gasteiger partial charge in [0.15, 0.2) is 0 Å². The highest BCUT2D eigenvalue weighted by Gasteiger charge is 2.46. The largest absolute Gasteiger partial charge is 0.507 e. The van der Waals surface area contributed by atoms with Gasteiger partial charge in [-0.05, 0) is 43.5 Å². The number of aromatic amines is 1. The number of aromatic nitrogens is 1. The third kappa shape index (κ3) is 5.12. The van der Waals surface area contributed by atoms with Crippen molar-refractivity contribution in [3.8, 4) is 5.75 Å². The molecule has 0 aliphatic carbocycles. The smallest absolute Gasteiger partial charge is 0.354 e. The van der Waals surface area contributed by atoms with E-state index in [0.29, 0.717) is 54.3 Å². The van der Waals surface area contributed by atoms with Crippen LogP contribution in [-0.2, 0) is 19.1 Å². The number of benzene rings is 1. The average molecular weight is 512 g/mol. The molecule has 2 aliphatic heterocycles. The molecule has 2 aromatic rings. The molecular formula is C27H33N3O7.